The van der Waals surface area contributed by atoms with Crippen molar-refractivity contribution < 1.29 is 13.9 Å². The number of unbranched alkanes of at least 4 members (excludes halogenated alkanes) is 7. The molecule has 5 heteroatoms. The topological polar surface area (TPSA) is 52.1 Å². The standard InChI is InChI=1S/C30H37FN2O2/c1-3-5-7-9-11-12-23-14-16-25(17-15-23)30(34)35-26-18-19-27(28(31)20-26)29-32-21-24(22-33-29)13-10-8-6-4-2/h14-22H,3-13H2,1-2H3. The van der Waals surface area contributed by atoms with Gasteiger partial charge in [0.1, 0.15) is 11.6 Å². The summed E-state index contributed by atoms with van der Waals surface area (Å²) in [5, 5.41) is 0. The molecule has 0 unspecified atom stereocenters. The van der Waals surface area contributed by atoms with Crippen LogP contribution >= 0.6 is 0 Å². The molecule has 0 aliphatic carbocycles. The van der Waals surface area contributed by atoms with Crippen LogP contribution in [0.2, 0.25) is 0 Å². The molecule has 1 heterocycles. The van der Waals surface area contributed by atoms with E-state index in [-0.39, 0.29) is 11.3 Å². The molecule has 0 atom stereocenters. The Morgan fingerprint density at radius 1 is 0.771 bits per heavy atom. The Hall–Kier alpha value is -3.08. The first-order valence-electron chi connectivity index (χ1n) is 13.0. The van der Waals surface area contributed by atoms with E-state index in [1.165, 1.54) is 56.6 Å². The Morgan fingerprint density at radius 3 is 2.00 bits per heavy atom. The number of ether oxygens (including phenoxy) is 1. The smallest absolute Gasteiger partial charge is 0.343 e. The quantitative estimate of drug-likeness (QED) is 0.134. The molecule has 0 radical (unpaired) electrons. The molecule has 186 valence electrons. The fourth-order valence-corrected chi connectivity index (χ4v) is 4.03. The van der Waals surface area contributed by atoms with Gasteiger partial charge in [-0.25, -0.2) is 19.2 Å². The van der Waals surface area contributed by atoms with Gasteiger partial charge < -0.3 is 4.74 Å². The molecule has 0 aliphatic heterocycles. The predicted molar refractivity (Wildman–Crippen MR) is 139 cm³/mol. The zero-order chi connectivity index (χ0) is 24.9. The molecule has 35 heavy (non-hydrogen) atoms. The summed E-state index contributed by atoms with van der Waals surface area (Å²) >= 11 is 0. The Balaban J connectivity index is 1.54. The van der Waals surface area contributed by atoms with Crippen molar-refractivity contribution in [3.05, 3.63) is 77.4 Å². The van der Waals surface area contributed by atoms with E-state index < -0.39 is 11.8 Å². The minimum Gasteiger partial charge on any atom is -0.423 e. The molecule has 0 N–H and O–H groups in total. The van der Waals surface area contributed by atoms with Crippen LogP contribution in [0, 0.1) is 5.82 Å². The van der Waals surface area contributed by atoms with Gasteiger partial charge in [0.05, 0.1) is 11.1 Å². The summed E-state index contributed by atoms with van der Waals surface area (Å²) in [5.41, 5.74) is 2.99. The molecule has 0 bridgehead atoms. The number of hydrogen-bond donors (Lipinski definition) is 0. The Morgan fingerprint density at radius 2 is 1.37 bits per heavy atom. The Bertz CT molecular complexity index is 1050. The lowest BCUT2D eigenvalue weighted by atomic mass is 10.0. The third kappa shape index (κ3) is 8.57. The van der Waals surface area contributed by atoms with Crippen molar-refractivity contribution in [2.45, 2.75) is 84.5 Å². The van der Waals surface area contributed by atoms with Gasteiger partial charge in [-0.15, -0.1) is 0 Å². The van der Waals surface area contributed by atoms with Crippen LogP contribution in [0.1, 0.15) is 93.1 Å². The highest BCUT2D eigenvalue weighted by Crippen LogP contribution is 2.24. The summed E-state index contributed by atoms with van der Waals surface area (Å²) in [7, 11) is 0. The van der Waals surface area contributed by atoms with Crippen LogP contribution in [-0.4, -0.2) is 15.9 Å². The number of rotatable bonds is 14. The first-order valence-corrected chi connectivity index (χ1v) is 13.0. The zero-order valence-electron chi connectivity index (χ0n) is 21.1. The van der Waals surface area contributed by atoms with E-state index in [1.807, 2.05) is 12.1 Å². The van der Waals surface area contributed by atoms with Crippen LogP contribution in [0.4, 0.5) is 4.39 Å². The molecule has 2 aromatic carbocycles. The number of hydrogen-bond acceptors (Lipinski definition) is 4. The van der Waals surface area contributed by atoms with Crippen molar-refractivity contribution >= 4 is 5.97 Å². The molecule has 3 rings (SSSR count). The maximum atomic E-state index is 14.8. The van der Waals surface area contributed by atoms with E-state index in [0.29, 0.717) is 11.4 Å². The van der Waals surface area contributed by atoms with Gasteiger partial charge in [-0.05, 0) is 61.1 Å². The second-order valence-electron chi connectivity index (χ2n) is 9.12. The van der Waals surface area contributed by atoms with Crippen LogP contribution in [0.15, 0.2) is 54.9 Å². The fourth-order valence-electron chi connectivity index (χ4n) is 4.03. The average molecular weight is 477 g/mol. The number of halogens is 1. The summed E-state index contributed by atoms with van der Waals surface area (Å²) in [5.74, 6) is -0.550. The van der Waals surface area contributed by atoms with E-state index in [4.69, 9.17) is 4.74 Å². The van der Waals surface area contributed by atoms with Gasteiger partial charge in [0.25, 0.3) is 0 Å². The highest BCUT2D eigenvalue weighted by Gasteiger charge is 2.13. The lowest BCUT2D eigenvalue weighted by molar-refractivity contribution is 0.0734. The lowest BCUT2D eigenvalue weighted by Gasteiger charge is -2.08. The minimum absolute atomic E-state index is 0.156. The molecule has 3 aromatic rings. The largest absolute Gasteiger partial charge is 0.423 e. The van der Waals surface area contributed by atoms with Crippen molar-refractivity contribution in [2.24, 2.45) is 0 Å². The van der Waals surface area contributed by atoms with Crippen molar-refractivity contribution in [1.82, 2.24) is 9.97 Å². The molecule has 0 spiro atoms. The summed E-state index contributed by atoms with van der Waals surface area (Å²) in [6, 6.07) is 11.8. The first kappa shape index (κ1) is 26.5. The molecule has 4 nitrogen and oxygen atoms in total. The van der Waals surface area contributed by atoms with Crippen LogP contribution in [0.25, 0.3) is 11.4 Å². The molecule has 0 saturated carbocycles. The van der Waals surface area contributed by atoms with Gasteiger partial charge in [-0.1, -0.05) is 70.9 Å². The average Bonchev–Trinajstić information content (AvgIpc) is 2.87. The van der Waals surface area contributed by atoms with Crippen LogP contribution in [-0.2, 0) is 12.8 Å². The molecule has 0 saturated heterocycles. The van der Waals surface area contributed by atoms with Gasteiger partial charge >= 0.3 is 5.97 Å². The molecular formula is C30H37FN2O2. The van der Waals surface area contributed by atoms with E-state index >= 15 is 0 Å². The Labute approximate surface area is 209 Å². The second-order valence-corrected chi connectivity index (χ2v) is 9.12. The summed E-state index contributed by atoms with van der Waals surface area (Å²) < 4.78 is 20.2. The number of carbonyl (C=O) groups excluding carboxylic acids is 1. The molecular weight excluding hydrogens is 439 g/mol. The number of aromatic nitrogens is 2. The molecule has 0 aliphatic rings. The highest BCUT2D eigenvalue weighted by molar-refractivity contribution is 5.91. The Kier molecular flexibility index (Phi) is 10.9. The lowest BCUT2D eigenvalue weighted by Crippen LogP contribution is -2.09. The van der Waals surface area contributed by atoms with Gasteiger partial charge in [0.15, 0.2) is 5.82 Å². The van der Waals surface area contributed by atoms with E-state index in [2.05, 4.69) is 23.8 Å². The van der Waals surface area contributed by atoms with E-state index in [0.717, 1.165) is 31.2 Å². The molecule has 0 amide bonds. The maximum absolute atomic E-state index is 14.8. The van der Waals surface area contributed by atoms with Crippen molar-refractivity contribution in [1.29, 1.82) is 0 Å². The number of nitrogens with zero attached hydrogens (tertiary/aromatic N) is 2. The minimum atomic E-state index is -0.524. The maximum Gasteiger partial charge on any atom is 0.343 e. The van der Waals surface area contributed by atoms with Gasteiger partial charge in [0.2, 0.25) is 0 Å². The number of carbonyl (C=O) groups is 1. The zero-order valence-corrected chi connectivity index (χ0v) is 21.1. The normalized spacial score (nSPS) is 10.9. The molecule has 0 fully saturated rings. The van der Waals surface area contributed by atoms with Crippen LogP contribution < -0.4 is 4.74 Å². The van der Waals surface area contributed by atoms with Crippen molar-refractivity contribution in [2.75, 3.05) is 0 Å². The fraction of sp³-hybridized carbons (Fsp3) is 0.433. The monoisotopic (exact) mass is 476 g/mol. The second kappa shape index (κ2) is 14.3. The van der Waals surface area contributed by atoms with Crippen molar-refractivity contribution in [3.63, 3.8) is 0 Å². The van der Waals surface area contributed by atoms with Crippen molar-refractivity contribution in [3.8, 4) is 17.1 Å². The first-order chi connectivity index (χ1) is 17.1. The van der Waals surface area contributed by atoms with Crippen LogP contribution in [0.5, 0.6) is 5.75 Å². The predicted octanol–water partition coefficient (Wildman–Crippen LogP) is 8.14. The van der Waals surface area contributed by atoms with Gasteiger partial charge in [-0.2, -0.15) is 0 Å². The third-order valence-electron chi connectivity index (χ3n) is 6.17. The molecule has 1 aromatic heterocycles. The summed E-state index contributed by atoms with van der Waals surface area (Å²) in [6.45, 7) is 4.40. The van der Waals surface area contributed by atoms with E-state index in [9.17, 15) is 9.18 Å². The number of benzene rings is 2. The summed E-state index contributed by atoms with van der Waals surface area (Å²) in [4.78, 5) is 21.2. The SMILES string of the molecule is CCCCCCCc1ccc(C(=O)Oc2ccc(-c3ncc(CCCCCC)cn3)c(F)c2)cc1. The number of aryl methyl sites for hydroxylation is 2. The van der Waals surface area contributed by atoms with Gasteiger partial charge in [0, 0.05) is 18.5 Å². The highest BCUT2D eigenvalue weighted by atomic mass is 19.1. The van der Waals surface area contributed by atoms with E-state index in [1.54, 1.807) is 36.7 Å². The third-order valence-corrected chi connectivity index (χ3v) is 6.17. The van der Waals surface area contributed by atoms with Gasteiger partial charge in [-0.3, -0.25) is 0 Å². The van der Waals surface area contributed by atoms with Crippen LogP contribution in [0.3, 0.4) is 0 Å². The number of esters is 1. The summed E-state index contributed by atoms with van der Waals surface area (Å²) in [6.07, 6.45) is 16.4.